The van der Waals surface area contributed by atoms with E-state index in [0.717, 1.165) is 16.0 Å². The molecule has 184 valence electrons. The first-order valence-corrected chi connectivity index (χ1v) is 12.8. The van der Waals surface area contributed by atoms with Crippen molar-refractivity contribution in [3.63, 3.8) is 0 Å². The van der Waals surface area contributed by atoms with E-state index >= 15 is 0 Å². The maximum atomic E-state index is 14.1. The molecule has 10 heteroatoms. The number of thiazole rings is 1. The van der Waals surface area contributed by atoms with Gasteiger partial charge in [0.15, 0.2) is 5.13 Å². The SMILES string of the molecule is CCOc1ccc2nc(N(CCCn3ccnc3)C(=O)c3c(-c4ccccc4Cl)noc3C)sc2c1. The van der Waals surface area contributed by atoms with Crippen molar-refractivity contribution in [2.24, 2.45) is 0 Å². The Kier molecular flexibility index (Phi) is 7.02. The van der Waals surface area contributed by atoms with Gasteiger partial charge >= 0.3 is 0 Å². The number of hydrogen-bond donors (Lipinski definition) is 0. The number of carbonyl (C=O) groups excluding carboxylic acids is 1. The molecule has 3 heterocycles. The molecule has 5 aromatic rings. The Morgan fingerprint density at radius 1 is 1.25 bits per heavy atom. The van der Waals surface area contributed by atoms with Crippen LogP contribution in [0.5, 0.6) is 5.75 Å². The largest absolute Gasteiger partial charge is 0.494 e. The van der Waals surface area contributed by atoms with Crippen molar-refractivity contribution in [1.82, 2.24) is 19.7 Å². The van der Waals surface area contributed by atoms with E-state index in [-0.39, 0.29) is 5.91 Å². The molecule has 8 nitrogen and oxygen atoms in total. The highest BCUT2D eigenvalue weighted by Crippen LogP contribution is 2.35. The molecule has 36 heavy (non-hydrogen) atoms. The average molecular weight is 522 g/mol. The van der Waals surface area contributed by atoms with E-state index in [2.05, 4.69) is 10.1 Å². The second-order valence-electron chi connectivity index (χ2n) is 8.11. The molecule has 0 saturated carbocycles. The van der Waals surface area contributed by atoms with Crippen molar-refractivity contribution in [1.29, 1.82) is 0 Å². The number of anilines is 1. The van der Waals surface area contributed by atoms with Crippen LogP contribution in [0.1, 0.15) is 29.5 Å². The first kappa shape index (κ1) is 24.0. The Hall–Kier alpha value is -3.69. The summed E-state index contributed by atoms with van der Waals surface area (Å²) in [7, 11) is 0. The van der Waals surface area contributed by atoms with Crippen molar-refractivity contribution < 1.29 is 14.1 Å². The number of aryl methyl sites for hydroxylation is 2. The number of halogens is 1. The number of benzene rings is 2. The second-order valence-corrected chi connectivity index (χ2v) is 9.53. The smallest absolute Gasteiger partial charge is 0.265 e. The molecule has 0 fully saturated rings. The lowest BCUT2D eigenvalue weighted by Gasteiger charge is -2.20. The number of fused-ring (bicyclic) bond motifs is 1. The molecule has 0 radical (unpaired) electrons. The van der Waals surface area contributed by atoms with Gasteiger partial charge in [-0.2, -0.15) is 0 Å². The minimum Gasteiger partial charge on any atom is -0.494 e. The number of carbonyl (C=O) groups is 1. The third kappa shape index (κ3) is 4.84. The van der Waals surface area contributed by atoms with Crippen LogP contribution in [0.25, 0.3) is 21.5 Å². The van der Waals surface area contributed by atoms with E-state index < -0.39 is 0 Å². The van der Waals surface area contributed by atoms with Gasteiger partial charge in [-0.05, 0) is 44.5 Å². The molecule has 0 N–H and O–H groups in total. The quantitative estimate of drug-likeness (QED) is 0.228. The summed E-state index contributed by atoms with van der Waals surface area (Å²) in [4.78, 5) is 24.7. The highest BCUT2D eigenvalue weighted by Gasteiger charge is 2.29. The predicted molar refractivity (Wildman–Crippen MR) is 141 cm³/mol. The third-order valence-electron chi connectivity index (χ3n) is 5.70. The lowest BCUT2D eigenvalue weighted by molar-refractivity contribution is 0.0985. The van der Waals surface area contributed by atoms with Gasteiger partial charge in [-0.25, -0.2) is 9.97 Å². The average Bonchev–Trinajstić information content (AvgIpc) is 3.62. The van der Waals surface area contributed by atoms with Crippen molar-refractivity contribution in [2.45, 2.75) is 26.8 Å². The van der Waals surface area contributed by atoms with Crippen molar-refractivity contribution in [3.8, 4) is 17.0 Å². The fourth-order valence-electron chi connectivity index (χ4n) is 3.98. The molecule has 0 aliphatic carbocycles. The number of aromatic nitrogens is 4. The zero-order valence-corrected chi connectivity index (χ0v) is 21.4. The van der Waals surface area contributed by atoms with Crippen LogP contribution in [0.4, 0.5) is 5.13 Å². The van der Waals surface area contributed by atoms with Crippen molar-refractivity contribution >= 4 is 44.2 Å². The Bertz CT molecular complexity index is 1490. The molecule has 0 aliphatic heterocycles. The first-order chi connectivity index (χ1) is 17.5. The van der Waals surface area contributed by atoms with E-state index in [1.165, 1.54) is 11.3 Å². The van der Waals surface area contributed by atoms with E-state index in [1.807, 2.05) is 54.1 Å². The molecule has 0 bridgehead atoms. The standard InChI is InChI=1S/C26H24ClN5O3S/c1-3-34-18-9-10-21-22(15-18)36-26(29-21)32(13-6-12-31-14-11-28-16-31)25(33)23-17(2)35-30-24(23)19-7-4-5-8-20(19)27/h4-5,7-11,14-16H,3,6,12-13H2,1-2H3. The number of imidazole rings is 1. The minimum absolute atomic E-state index is 0.238. The highest BCUT2D eigenvalue weighted by molar-refractivity contribution is 7.22. The molecule has 0 saturated heterocycles. The lowest BCUT2D eigenvalue weighted by Crippen LogP contribution is -2.33. The van der Waals surface area contributed by atoms with Crippen LogP contribution in [0, 0.1) is 6.92 Å². The molecular weight excluding hydrogens is 498 g/mol. The molecular formula is C26H24ClN5O3S. The third-order valence-corrected chi connectivity index (χ3v) is 7.07. The van der Waals surface area contributed by atoms with Gasteiger partial charge < -0.3 is 13.8 Å². The van der Waals surface area contributed by atoms with Crippen LogP contribution >= 0.6 is 22.9 Å². The van der Waals surface area contributed by atoms with Gasteiger partial charge in [0.25, 0.3) is 5.91 Å². The van der Waals surface area contributed by atoms with Gasteiger partial charge in [-0.15, -0.1) is 0 Å². The van der Waals surface area contributed by atoms with Crippen LogP contribution in [-0.4, -0.2) is 38.8 Å². The molecule has 0 atom stereocenters. The van der Waals surface area contributed by atoms with Gasteiger partial charge in [0.05, 0.1) is 28.2 Å². The predicted octanol–water partition coefficient (Wildman–Crippen LogP) is 6.25. The van der Waals surface area contributed by atoms with Crippen LogP contribution in [0.3, 0.4) is 0 Å². The zero-order valence-electron chi connectivity index (χ0n) is 19.8. The fourth-order valence-corrected chi connectivity index (χ4v) is 5.22. The summed E-state index contributed by atoms with van der Waals surface area (Å²) in [6.45, 7) is 5.41. The molecule has 0 unspecified atom stereocenters. The number of nitrogens with zero attached hydrogens (tertiary/aromatic N) is 5. The highest BCUT2D eigenvalue weighted by atomic mass is 35.5. The number of rotatable bonds is 9. The molecule has 5 rings (SSSR count). The van der Waals surface area contributed by atoms with E-state index in [9.17, 15) is 4.79 Å². The number of amides is 1. The topological polar surface area (TPSA) is 86.3 Å². The minimum atomic E-state index is -0.238. The molecule has 0 spiro atoms. The number of hydrogen-bond acceptors (Lipinski definition) is 7. The zero-order chi connectivity index (χ0) is 25.1. The summed E-state index contributed by atoms with van der Waals surface area (Å²) >= 11 is 7.89. The summed E-state index contributed by atoms with van der Waals surface area (Å²) in [6, 6.07) is 13.0. The van der Waals surface area contributed by atoms with E-state index in [1.54, 1.807) is 30.4 Å². The fraction of sp³-hybridized carbons (Fsp3) is 0.231. The van der Waals surface area contributed by atoms with Gasteiger partial charge in [0, 0.05) is 31.0 Å². The van der Waals surface area contributed by atoms with Crippen LogP contribution in [0.2, 0.25) is 5.02 Å². The Labute approximate surface area is 217 Å². The molecule has 1 amide bonds. The van der Waals surface area contributed by atoms with Crippen LogP contribution < -0.4 is 9.64 Å². The second kappa shape index (κ2) is 10.5. The molecule has 2 aromatic carbocycles. The Morgan fingerprint density at radius 2 is 2.11 bits per heavy atom. The maximum absolute atomic E-state index is 14.1. The maximum Gasteiger partial charge on any atom is 0.265 e. The first-order valence-electron chi connectivity index (χ1n) is 11.6. The summed E-state index contributed by atoms with van der Waals surface area (Å²) in [5.74, 6) is 0.960. The van der Waals surface area contributed by atoms with Gasteiger partial charge in [0.2, 0.25) is 0 Å². The Morgan fingerprint density at radius 3 is 2.89 bits per heavy atom. The van der Waals surface area contributed by atoms with E-state index in [4.69, 9.17) is 25.8 Å². The summed E-state index contributed by atoms with van der Waals surface area (Å²) in [5.41, 5.74) is 2.24. The lowest BCUT2D eigenvalue weighted by atomic mass is 10.1. The number of ether oxygens (including phenoxy) is 1. The van der Waals surface area contributed by atoms with Gasteiger partial charge in [0.1, 0.15) is 22.8 Å². The normalized spacial score (nSPS) is 11.2. The van der Waals surface area contributed by atoms with Gasteiger partial charge in [-0.1, -0.05) is 46.3 Å². The summed E-state index contributed by atoms with van der Waals surface area (Å²) in [5, 5.41) is 5.28. The van der Waals surface area contributed by atoms with Gasteiger partial charge in [-0.3, -0.25) is 9.69 Å². The molecule has 0 aliphatic rings. The van der Waals surface area contributed by atoms with E-state index in [0.29, 0.717) is 58.9 Å². The summed E-state index contributed by atoms with van der Waals surface area (Å²) < 4.78 is 14.0. The van der Waals surface area contributed by atoms with Crippen LogP contribution in [-0.2, 0) is 6.54 Å². The Balaban J connectivity index is 1.53. The summed E-state index contributed by atoms with van der Waals surface area (Å²) in [6.07, 6.45) is 6.11. The monoisotopic (exact) mass is 521 g/mol. The van der Waals surface area contributed by atoms with Crippen LogP contribution in [0.15, 0.2) is 65.7 Å². The van der Waals surface area contributed by atoms with Crippen molar-refractivity contribution in [3.05, 3.63) is 77.5 Å². The molecule has 3 aromatic heterocycles. The van der Waals surface area contributed by atoms with Crippen molar-refractivity contribution in [2.75, 3.05) is 18.1 Å².